The van der Waals surface area contributed by atoms with E-state index >= 15 is 0 Å². The topological polar surface area (TPSA) is 53.7 Å². The van der Waals surface area contributed by atoms with Crippen molar-refractivity contribution in [3.05, 3.63) is 28.2 Å². The van der Waals surface area contributed by atoms with E-state index in [2.05, 4.69) is 15.9 Å². The highest BCUT2D eigenvalue weighted by molar-refractivity contribution is 9.10. The number of ether oxygens (including phenoxy) is 3. The Kier molecular flexibility index (Phi) is 7.27. The fourth-order valence-corrected chi connectivity index (χ4v) is 1.88. The Morgan fingerprint density at radius 3 is 2.56 bits per heavy atom. The molecular formula is C13H20BrNO3. The van der Waals surface area contributed by atoms with Crippen LogP contribution in [0.25, 0.3) is 0 Å². The average Bonchev–Trinajstić information content (AvgIpc) is 2.35. The van der Waals surface area contributed by atoms with E-state index in [1.807, 2.05) is 25.1 Å². The van der Waals surface area contributed by atoms with E-state index < -0.39 is 0 Å². The maximum absolute atomic E-state index is 5.81. The van der Waals surface area contributed by atoms with Crippen LogP contribution in [0, 0.1) is 0 Å². The maximum atomic E-state index is 5.81. The number of hydrogen-bond donors (Lipinski definition) is 1. The molecule has 0 radical (unpaired) electrons. The van der Waals surface area contributed by atoms with Crippen LogP contribution in [-0.4, -0.2) is 33.5 Å². The van der Waals surface area contributed by atoms with E-state index in [-0.39, 0.29) is 6.04 Å². The van der Waals surface area contributed by atoms with Gasteiger partial charge in [0.2, 0.25) is 0 Å². The van der Waals surface area contributed by atoms with Crippen LogP contribution in [0.3, 0.4) is 0 Å². The van der Waals surface area contributed by atoms with Gasteiger partial charge < -0.3 is 19.9 Å². The lowest BCUT2D eigenvalue weighted by Gasteiger charge is -2.11. The van der Waals surface area contributed by atoms with E-state index in [9.17, 15) is 0 Å². The zero-order chi connectivity index (χ0) is 13.4. The first-order chi connectivity index (χ1) is 8.65. The molecule has 18 heavy (non-hydrogen) atoms. The van der Waals surface area contributed by atoms with Gasteiger partial charge in [0.25, 0.3) is 0 Å². The molecule has 0 aliphatic carbocycles. The molecule has 0 saturated heterocycles. The summed E-state index contributed by atoms with van der Waals surface area (Å²) in [5.41, 5.74) is 6.88. The van der Waals surface area contributed by atoms with Gasteiger partial charge >= 0.3 is 0 Å². The number of halogens is 1. The van der Waals surface area contributed by atoms with E-state index in [0.717, 1.165) is 15.8 Å². The second kappa shape index (κ2) is 8.48. The Labute approximate surface area is 117 Å². The zero-order valence-electron chi connectivity index (χ0n) is 10.8. The van der Waals surface area contributed by atoms with Gasteiger partial charge in [0.1, 0.15) is 12.4 Å². The summed E-state index contributed by atoms with van der Waals surface area (Å²) < 4.78 is 16.7. The van der Waals surface area contributed by atoms with Gasteiger partial charge in [-0.15, -0.1) is 0 Å². The van der Waals surface area contributed by atoms with Crippen molar-refractivity contribution < 1.29 is 14.2 Å². The Bertz CT molecular complexity index is 358. The smallest absolute Gasteiger partial charge is 0.133 e. The third-order valence-corrected chi connectivity index (χ3v) is 3.02. The van der Waals surface area contributed by atoms with Crippen molar-refractivity contribution in [2.24, 2.45) is 5.73 Å². The number of benzene rings is 1. The van der Waals surface area contributed by atoms with E-state index in [1.54, 1.807) is 7.11 Å². The van der Waals surface area contributed by atoms with Crippen LogP contribution < -0.4 is 10.5 Å². The number of methoxy groups -OCH3 is 1. The normalized spacial score (nSPS) is 12.4. The lowest BCUT2D eigenvalue weighted by atomic mass is 10.1. The zero-order valence-corrected chi connectivity index (χ0v) is 12.4. The molecule has 0 unspecified atom stereocenters. The van der Waals surface area contributed by atoms with Crippen LogP contribution in [0.15, 0.2) is 22.7 Å². The molecule has 1 aromatic carbocycles. The van der Waals surface area contributed by atoms with Gasteiger partial charge in [0.05, 0.1) is 24.3 Å². The molecule has 1 rings (SSSR count). The molecule has 0 amide bonds. The van der Waals surface area contributed by atoms with Gasteiger partial charge in [0, 0.05) is 13.2 Å². The molecule has 2 N–H and O–H groups in total. The van der Waals surface area contributed by atoms with Gasteiger partial charge in [-0.05, 0) is 40.5 Å². The molecule has 0 spiro atoms. The summed E-state index contributed by atoms with van der Waals surface area (Å²) in [6, 6.07) is 5.88. The predicted molar refractivity (Wildman–Crippen MR) is 74.9 cm³/mol. The third kappa shape index (κ3) is 5.35. The van der Waals surface area contributed by atoms with Crippen LogP contribution in [0.1, 0.15) is 18.5 Å². The summed E-state index contributed by atoms with van der Waals surface area (Å²) in [5, 5.41) is 0. The van der Waals surface area contributed by atoms with Gasteiger partial charge in [-0.1, -0.05) is 6.07 Å². The SMILES string of the molecule is COCCOCCOc1ccc([C@@H](C)N)cc1Br. The molecule has 0 aliphatic rings. The van der Waals surface area contributed by atoms with Crippen molar-refractivity contribution in [1.29, 1.82) is 0 Å². The molecule has 0 heterocycles. The average molecular weight is 318 g/mol. The number of hydrogen-bond acceptors (Lipinski definition) is 4. The summed E-state index contributed by atoms with van der Waals surface area (Å²) in [5.74, 6) is 0.801. The van der Waals surface area contributed by atoms with Crippen molar-refractivity contribution in [2.75, 3.05) is 33.5 Å². The second-order valence-electron chi connectivity index (χ2n) is 3.93. The summed E-state index contributed by atoms with van der Waals surface area (Å²) in [6.45, 7) is 4.20. The molecule has 1 atom stereocenters. The van der Waals surface area contributed by atoms with Gasteiger partial charge in [-0.25, -0.2) is 0 Å². The quantitative estimate of drug-likeness (QED) is 0.748. The Balaban J connectivity index is 2.34. The van der Waals surface area contributed by atoms with Crippen LogP contribution in [0.4, 0.5) is 0 Å². The first-order valence-corrected chi connectivity index (χ1v) is 6.69. The molecule has 0 aliphatic heterocycles. The van der Waals surface area contributed by atoms with Crippen molar-refractivity contribution in [1.82, 2.24) is 0 Å². The van der Waals surface area contributed by atoms with E-state index in [1.165, 1.54) is 0 Å². The lowest BCUT2D eigenvalue weighted by molar-refractivity contribution is 0.0543. The first-order valence-electron chi connectivity index (χ1n) is 5.89. The van der Waals surface area contributed by atoms with Crippen LogP contribution in [-0.2, 0) is 9.47 Å². The Morgan fingerprint density at radius 2 is 1.94 bits per heavy atom. The lowest BCUT2D eigenvalue weighted by Crippen LogP contribution is -2.10. The summed E-state index contributed by atoms with van der Waals surface area (Å²) in [6.07, 6.45) is 0. The highest BCUT2D eigenvalue weighted by atomic mass is 79.9. The van der Waals surface area contributed by atoms with Crippen molar-refractivity contribution in [3.8, 4) is 5.75 Å². The number of rotatable bonds is 8. The molecular weight excluding hydrogens is 298 g/mol. The van der Waals surface area contributed by atoms with Crippen LogP contribution in [0.2, 0.25) is 0 Å². The maximum Gasteiger partial charge on any atom is 0.133 e. The van der Waals surface area contributed by atoms with Crippen molar-refractivity contribution >= 4 is 15.9 Å². The minimum absolute atomic E-state index is 0.0210. The van der Waals surface area contributed by atoms with Crippen molar-refractivity contribution in [2.45, 2.75) is 13.0 Å². The molecule has 0 aromatic heterocycles. The van der Waals surface area contributed by atoms with Gasteiger partial charge in [0.15, 0.2) is 0 Å². The van der Waals surface area contributed by atoms with E-state index in [4.69, 9.17) is 19.9 Å². The van der Waals surface area contributed by atoms with E-state index in [0.29, 0.717) is 26.4 Å². The Hall–Kier alpha value is -0.620. The fraction of sp³-hybridized carbons (Fsp3) is 0.538. The fourth-order valence-electron chi connectivity index (χ4n) is 1.37. The standard InChI is InChI=1S/C13H20BrNO3/c1-10(15)11-3-4-13(12(14)9-11)18-8-7-17-6-5-16-2/h3-4,9-10H,5-8,15H2,1-2H3/t10-/m1/s1. The second-order valence-corrected chi connectivity index (χ2v) is 4.79. The molecule has 0 saturated carbocycles. The summed E-state index contributed by atoms with van der Waals surface area (Å²) in [4.78, 5) is 0. The minimum atomic E-state index is 0.0210. The highest BCUT2D eigenvalue weighted by Crippen LogP contribution is 2.27. The summed E-state index contributed by atoms with van der Waals surface area (Å²) >= 11 is 3.47. The summed E-state index contributed by atoms with van der Waals surface area (Å²) in [7, 11) is 1.65. The Morgan fingerprint density at radius 1 is 1.22 bits per heavy atom. The molecule has 102 valence electrons. The van der Waals surface area contributed by atoms with Crippen LogP contribution in [0.5, 0.6) is 5.75 Å². The molecule has 5 heteroatoms. The predicted octanol–water partition coefficient (Wildman–Crippen LogP) is 2.51. The molecule has 4 nitrogen and oxygen atoms in total. The minimum Gasteiger partial charge on any atom is -0.490 e. The van der Waals surface area contributed by atoms with Gasteiger partial charge in [-0.2, -0.15) is 0 Å². The molecule has 0 fully saturated rings. The largest absolute Gasteiger partial charge is 0.490 e. The monoisotopic (exact) mass is 317 g/mol. The van der Waals surface area contributed by atoms with Crippen LogP contribution >= 0.6 is 15.9 Å². The molecule has 0 bridgehead atoms. The molecule has 1 aromatic rings. The van der Waals surface area contributed by atoms with Crippen molar-refractivity contribution in [3.63, 3.8) is 0 Å². The van der Waals surface area contributed by atoms with Gasteiger partial charge in [-0.3, -0.25) is 0 Å². The highest BCUT2D eigenvalue weighted by Gasteiger charge is 2.05. The third-order valence-electron chi connectivity index (χ3n) is 2.40. The first kappa shape index (κ1) is 15.4. The number of nitrogens with two attached hydrogens (primary N) is 1.